The maximum absolute atomic E-state index is 12.7. The predicted octanol–water partition coefficient (Wildman–Crippen LogP) is 4.45. The number of methoxy groups -OCH3 is 1. The molecule has 6 heteroatoms. The van der Waals surface area contributed by atoms with Crippen molar-refractivity contribution in [3.63, 3.8) is 0 Å². The van der Waals surface area contributed by atoms with Crippen LogP contribution in [0.3, 0.4) is 0 Å². The smallest absolute Gasteiger partial charge is 0.337 e. The van der Waals surface area contributed by atoms with Gasteiger partial charge in [0.15, 0.2) is 9.84 Å². The molecule has 30 heavy (non-hydrogen) atoms. The van der Waals surface area contributed by atoms with Crippen LogP contribution < -0.4 is 0 Å². The van der Waals surface area contributed by atoms with Crippen LogP contribution in [-0.2, 0) is 26.9 Å². The molecule has 0 N–H and O–H groups in total. The first-order valence-electron chi connectivity index (χ1n) is 9.49. The number of benzene rings is 3. The summed E-state index contributed by atoms with van der Waals surface area (Å²) in [6.45, 7) is 0.563. The van der Waals surface area contributed by atoms with Crippen LogP contribution in [0.2, 0.25) is 0 Å². The quantitative estimate of drug-likeness (QED) is 0.433. The van der Waals surface area contributed by atoms with Crippen LogP contribution in [0.4, 0.5) is 0 Å². The number of nitrogens with zero attached hydrogens (tertiary/aromatic N) is 1. The van der Waals surface area contributed by atoms with Gasteiger partial charge in [-0.1, -0.05) is 48.5 Å². The molecule has 1 heterocycles. The largest absolute Gasteiger partial charge is 0.465 e. The predicted molar refractivity (Wildman–Crippen MR) is 116 cm³/mol. The van der Waals surface area contributed by atoms with Crippen molar-refractivity contribution in [2.45, 2.75) is 17.2 Å². The van der Waals surface area contributed by atoms with Gasteiger partial charge in [0.2, 0.25) is 0 Å². The Labute approximate surface area is 175 Å². The van der Waals surface area contributed by atoms with E-state index in [2.05, 4.69) is 0 Å². The normalized spacial score (nSPS) is 11.5. The number of ether oxygens (including phenoxy) is 1. The summed E-state index contributed by atoms with van der Waals surface area (Å²) in [5.41, 5.74) is 3.13. The molecule has 0 aliphatic rings. The first kappa shape index (κ1) is 19.9. The van der Waals surface area contributed by atoms with Crippen molar-refractivity contribution in [3.8, 4) is 0 Å². The molecule has 0 fully saturated rings. The summed E-state index contributed by atoms with van der Waals surface area (Å²) in [4.78, 5) is 12.2. The Hall–Kier alpha value is -3.38. The van der Waals surface area contributed by atoms with Gasteiger partial charge in [0, 0.05) is 18.3 Å². The highest BCUT2D eigenvalue weighted by atomic mass is 32.2. The number of carbonyl (C=O) groups is 1. The van der Waals surface area contributed by atoms with Crippen molar-refractivity contribution in [2.24, 2.45) is 0 Å². The SMILES string of the molecule is COC(=O)c1ccc2ccn(Cc3cccc(CS(=O)(=O)c4ccccc4)c3)c2c1. The zero-order chi connectivity index (χ0) is 21.1. The van der Waals surface area contributed by atoms with E-state index in [1.54, 1.807) is 36.4 Å². The molecule has 0 atom stereocenters. The third-order valence-electron chi connectivity index (χ3n) is 5.00. The van der Waals surface area contributed by atoms with Gasteiger partial charge >= 0.3 is 5.97 Å². The highest BCUT2D eigenvalue weighted by Crippen LogP contribution is 2.21. The molecule has 0 bridgehead atoms. The van der Waals surface area contributed by atoms with E-state index in [1.807, 2.05) is 53.2 Å². The van der Waals surface area contributed by atoms with Gasteiger partial charge in [-0.15, -0.1) is 0 Å². The van der Waals surface area contributed by atoms with Crippen molar-refractivity contribution < 1.29 is 17.9 Å². The Balaban J connectivity index is 1.60. The number of hydrogen-bond acceptors (Lipinski definition) is 4. The number of sulfone groups is 1. The third kappa shape index (κ3) is 4.14. The van der Waals surface area contributed by atoms with Crippen molar-refractivity contribution in [1.82, 2.24) is 4.57 Å². The van der Waals surface area contributed by atoms with Crippen LogP contribution in [0.15, 0.2) is 90.0 Å². The zero-order valence-corrected chi connectivity index (χ0v) is 17.3. The third-order valence-corrected chi connectivity index (χ3v) is 6.70. The van der Waals surface area contributed by atoms with Crippen molar-refractivity contribution in [1.29, 1.82) is 0 Å². The summed E-state index contributed by atoms with van der Waals surface area (Å²) < 4.78 is 32.2. The molecule has 0 radical (unpaired) electrons. The number of carbonyl (C=O) groups excluding carboxylic acids is 1. The molecular formula is C24H21NO4S. The van der Waals surface area contributed by atoms with Gasteiger partial charge in [-0.2, -0.15) is 0 Å². The minimum absolute atomic E-state index is 0.0518. The van der Waals surface area contributed by atoms with E-state index in [0.717, 1.165) is 22.0 Å². The molecule has 0 saturated carbocycles. The molecule has 1 aromatic heterocycles. The van der Waals surface area contributed by atoms with E-state index >= 15 is 0 Å². The Bertz CT molecular complexity index is 1310. The molecule has 0 saturated heterocycles. The summed E-state index contributed by atoms with van der Waals surface area (Å²) in [7, 11) is -2.04. The van der Waals surface area contributed by atoms with Gasteiger partial charge in [-0.3, -0.25) is 0 Å². The Kier molecular flexibility index (Phi) is 5.42. The molecule has 0 spiro atoms. The van der Waals surface area contributed by atoms with Gasteiger partial charge in [-0.05, 0) is 46.8 Å². The highest BCUT2D eigenvalue weighted by Gasteiger charge is 2.15. The van der Waals surface area contributed by atoms with E-state index in [4.69, 9.17) is 4.74 Å². The van der Waals surface area contributed by atoms with Crippen molar-refractivity contribution in [2.75, 3.05) is 7.11 Å². The Morgan fingerprint density at radius 3 is 2.43 bits per heavy atom. The molecular weight excluding hydrogens is 398 g/mol. The first-order chi connectivity index (χ1) is 14.5. The standard InChI is InChI=1S/C24H21NO4S/c1-29-24(26)21-11-10-20-12-13-25(23(20)15-21)16-18-6-5-7-19(14-18)17-30(27,28)22-8-3-2-4-9-22/h2-15H,16-17H2,1H3. The van der Waals surface area contributed by atoms with E-state index in [-0.39, 0.29) is 11.7 Å². The molecule has 5 nitrogen and oxygen atoms in total. The average Bonchev–Trinajstić information content (AvgIpc) is 3.15. The highest BCUT2D eigenvalue weighted by molar-refractivity contribution is 7.90. The maximum Gasteiger partial charge on any atom is 0.337 e. The summed E-state index contributed by atoms with van der Waals surface area (Å²) in [6, 6.07) is 23.5. The topological polar surface area (TPSA) is 65.4 Å². The molecule has 0 aliphatic heterocycles. The van der Waals surface area contributed by atoms with Crippen LogP contribution in [0, 0.1) is 0 Å². The average molecular weight is 420 g/mol. The maximum atomic E-state index is 12.7. The lowest BCUT2D eigenvalue weighted by Crippen LogP contribution is -2.06. The first-order valence-corrected chi connectivity index (χ1v) is 11.1. The van der Waals surface area contributed by atoms with Gasteiger partial charge in [0.05, 0.1) is 23.3 Å². The summed E-state index contributed by atoms with van der Waals surface area (Å²) in [5.74, 6) is -0.429. The minimum atomic E-state index is -3.40. The van der Waals surface area contributed by atoms with Crippen LogP contribution in [0.1, 0.15) is 21.5 Å². The van der Waals surface area contributed by atoms with Crippen LogP contribution in [0.25, 0.3) is 10.9 Å². The van der Waals surface area contributed by atoms with E-state index in [9.17, 15) is 13.2 Å². The molecule has 0 amide bonds. The Morgan fingerprint density at radius 1 is 0.900 bits per heavy atom. The fraction of sp³-hybridized carbons (Fsp3) is 0.125. The fourth-order valence-corrected chi connectivity index (χ4v) is 4.87. The van der Waals surface area contributed by atoms with Gasteiger partial charge in [0.25, 0.3) is 0 Å². The van der Waals surface area contributed by atoms with E-state index in [0.29, 0.717) is 17.0 Å². The number of hydrogen-bond donors (Lipinski definition) is 0. The molecule has 0 aliphatic carbocycles. The van der Waals surface area contributed by atoms with Gasteiger partial charge in [-0.25, -0.2) is 13.2 Å². The van der Waals surface area contributed by atoms with E-state index in [1.165, 1.54) is 7.11 Å². The van der Waals surface area contributed by atoms with Crippen molar-refractivity contribution >= 4 is 26.7 Å². The monoisotopic (exact) mass is 419 g/mol. The number of aromatic nitrogens is 1. The zero-order valence-electron chi connectivity index (χ0n) is 16.5. The van der Waals surface area contributed by atoms with Gasteiger partial charge in [0.1, 0.15) is 0 Å². The second kappa shape index (κ2) is 8.16. The lowest BCUT2D eigenvalue weighted by atomic mass is 10.1. The summed E-state index contributed by atoms with van der Waals surface area (Å²) in [6.07, 6.45) is 1.96. The second-order valence-corrected chi connectivity index (χ2v) is 9.09. The fourth-order valence-electron chi connectivity index (χ4n) is 3.51. The molecule has 0 unspecified atom stereocenters. The lowest BCUT2D eigenvalue weighted by Gasteiger charge is -2.09. The Morgan fingerprint density at radius 2 is 1.67 bits per heavy atom. The molecule has 152 valence electrons. The minimum Gasteiger partial charge on any atom is -0.465 e. The number of rotatable bonds is 6. The van der Waals surface area contributed by atoms with Crippen molar-refractivity contribution in [3.05, 3.63) is 102 Å². The van der Waals surface area contributed by atoms with E-state index < -0.39 is 9.84 Å². The summed E-state index contributed by atoms with van der Waals surface area (Å²) >= 11 is 0. The van der Waals surface area contributed by atoms with Crippen LogP contribution in [0.5, 0.6) is 0 Å². The second-order valence-electron chi connectivity index (χ2n) is 7.10. The van der Waals surface area contributed by atoms with Crippen LogP contribution in [-0.4, -0.2) is 26.1 Å². The lowest BCUT2D eigenvalue weighted by molar-refractivity contribution is 0.0601. The molecule has 4 rings (SSSR count). The van der Waals surface area contributed by atoms with Crippen LogP contribution >= 0.6 is 0 Å². The summed E-state index contributed by atoms with van der Waals surface area (Å²) in [5, 5.41) is 1.02. The number of fused-ring (bicyclic) bond motifs is 1. The molecule has 4 aromatic rings. The van der Waals surface area contributed by atoms with Gasteiger partial charge < -0.3 is 9.30 Å². The number of esters is 1. The molecule has 3 aromatic carbocycles.